The summed E-state index contributed by atoms with van der Waals surface area (Å²) in [5, 5.41) is 6.13. The third kappa shape index (κ3) is 9.47. The Balaban J connectivity index is 1.38. The Morgan fingerprint density at radius 3 is 2.44 bits per heavy atom. The first kappa shape index (κ1) is 33.8. The minimum Gasteiger partial charge on any atom is -0.469 e. The van der Waals surface area contributed by atoms with Crippen LogP contribution in [0, 0.1) is 5.92 Å². The molecule has 0 radical (unpaired) electrons. The van der Waals surface area contributed by atoms with Crippen LogP contribution in [0.3, 0.4) is 0 Å². The molecule has 5 rings (SSSR count). The predicted octanol–water partition coefficient (Wildman–Crippen LogP) is 6.67. The summed E-state index contributed by atoms with van der Waals surface area (Å²) in [5.41, 5.74) is 4.45. The highest BCUT2D eigenvalue weighted by Crippen LogP contribution is 2.30. The van der Waals surface area contributed by atoms with Crippen molar-refractivity contribution in [2.75, 3.05) is 30.8 Å². The van der Waals surface area contributed by atoms with E-state index >= 15 is 0 Å². The number of esters is 1. The lowest BCUT2D eigenvalue weighted by Crippen LogP contribution is -2.39. The van der Waals surface area contributed by atoms with Crippen molar-refractivity contribution in [1.29, 1.82) is 0 Å². The maximum absolute atomic E-state index is 13.3. The minimum atomic E-state index is -0.650. The molecule has 1 aliphatic rings. The van der Waals surface area contributed by atoms with Gasteiger partial charge in [-0.2, -0.15) is 0 Å². The molecule has 1 aliphatic heterocycles. The van der Waals surface area contributed by atoms with Gasteiger partial charge < -0.3 is 25.0 Å². The molecular weight excluding hydrogens is 608 g/mol. The van der Waals surface area contributed by atoms with E-state index in [1.807, 2.05) is 81.4 Å². The van der Waals surface area contributed by atoms with Gasteiger partial charge in [-0.3, -0.25) is 14.6 Å². The van der Waals surface area contributed by atoms with E-state index in [-0.39, 0.29) is 18.4 Å². The molecular formula is C37H40N6O5. The predicted molar refractivity (Wildman–Crippen MR) is 184 cm³/mol. The molecule has 11 heteroatoms. The number of carbonyl (C=O) groups excluding carboxylic acids is 3. The molecule has 2 N–H and O–H groups in total. The second kappa shape index (κ2) is 15.3. The van der Waals surface area contributed by atoms with Crippen LogP contribution in [0.25, 0.3) is 16.8 Å². The maximum atomic E-state index is 13.3. The summed E-state index contributed by atoms with van der Waals surface area (Å²) in [4.78, 5) is 53.4. The summed E-state index contributed by atoms with van der Waals surface area (Å²) in [6, 6.07) is 21.0. The Bertz CT molecular complexity index is 1770. The van der Waals surface area contributed by atoms with Gasteiger partial charge in [-0.25, -0.2) is 14.8 Å². The Kier molecular flexibility index (Phi) is 10.8. The molecule has 11 nitrogen and oxygen atoms in total. The number of nitrogens with zero attached hydrogens (tertiary/aromatic N) is 4. The third-order valence-electron chi connectivity index (χ3n) is 7.61. The number of pyridine rings is 1. The molecule has 0 bridgehead atoms. The van der Waals surface area contributed by atoms with Crippen molar-refractivity contribution in [1.82, 2.24) is 19.9 Å². The quantitative estimate of drug-likeness (QED) is 0.181. The zero-order valence-electron chi connectivity index (χ0n) is 27.6. The van der Waals surface area contributed by atoms with Gasteiger partial charge in [0.15, 0.2) is 0 Å². The van der Waals surface area contributed by atoms with E-state index in [2.05, 4.69) is 20.6 Å². The van der Waals surface area contributed by atoms with Crippen LogP contribution >= 0.6 is 0 Å². The van der Waals surface area contributed by atoms with E-state index in [0.29, 0.717) is 48.9 Å². The lowest BCUT2D eigenvalue weighted by molar-refractivity contribution is -0.146. The first-order valence-electron chi connectivity index (χ1n) is 15.8. The molecule has 0 saturated heterocycles. The molecule has 0 aliphatic carbocycles. The number of hydrogen-bond acceptors (Lipinski definition) is 9. The molecule has 48 heavy (non-hydrogen) atoms. The largest absolute Gasteiger partial charge is 0.469 e. The molecule has 2 aromatic carbocycles. The fraction of sp³-hybridized carbons (Fsp3) is 0.297. The van der Waals surface area contributed by atoms with Gasteiger partial charge in [0.05, 0.1) is 24.9 Å². The van der Waals surface area contributed by atoms with Crippen molar-refractivity contribution in [3.63, 3.8) is 0 Å². The summed E-state index contributed by atoms with van der Waals surface area (Å²) >= 11 is 0. The van der Waals surface area contributed by atoms with E-state index in [9.17, 15) is 14.4 Å². The zero-order valence-corrected chi connectivity index (χ0v) is 27.6. The molecule has 1 atom stereocenters. The van der Waals surface area contributed by atoms with Crippen LogP contribution in [0.2, 0.25) is 0 Å². The first-order valence-corrected chi connectivity index (χ1v) is 15.8. The Labute approximate surface area is 280 Å². The van der Waals surface area contributed by atoms with Crippen molar-refractivity contribution in [2.24, 2.45) is 5.92 Å². The van der Waals surface area contributed by atoms with Gasteiger partial charge in [0, 0.05) is 49.2 Å². The number of amides is 2. The Morgan fingerprint density at radius 1 is 0.958 bits per heavy atom. The van der Waals surface area contributed by atoms with E-state index in [1.165, 1.54) is 7.11 Å². The Hall–Kier alpha value is -5.58. The number of rotatable bonds is 10. The van der Waals surface area contributed by atoms with Gasteiger partial charge in [-0.1, -0.05) is 54.6 Å². The fourth-order valence-corrected chi connectivity index (χ4v) is 5.35. The second-order valence-corrected chi connectivity index (χ2v) is 12.5. The molecule has 3 heterocycles. The second-order valence-electron chi connectivity index (χ2n) is 12.5. The van der Waals surface area contributed by atoms with Crippen LogP contribution in [0.15, 0.2) is 91.4 Å². The van der Waals surface area contributed by atoms with E-state index in [4.69, 9.17) is 14.5 Å². The summed E-state index contributed by atoms with van der Waals surface area (Å²) in [6.07, 6.45) is 7.44. The number of ether oxygens (including phenoxy) is 2. The number of carbonyl (C=O) groups is 3. The number of methoxy groups -OCH3 is 1. The SMILES string of the molecule is COC(=O)[C@H](CC(=O)Nc1cc(Nc2cnccn2)nc(-c2cccc(C3=CCN(C(=O)OC(C)(C)C)CC3)c2)c1)Cc1ccccc1. The van der Waals surface area contributed by atoms with E-state index < -0.39 is 17.5 Å². The smallest absolute Gasteiger partial charge is 0.410 e. The van der Waals surface area contributed by atoms with Crippen LogP contribution in [0.1, 0.15) is 44.7 Å². The van der Waals surface area contributed by atoms with Gasteiger partial charge in [0.2, 0.25) is 5.91 Å². The lowest BCUT2D eigenvalue weighted by atomic mass is 9.95. The van der Waals surface area contributed by atoms with Crippen LogP contribution in [0.4, 0.5) is 22.1 Å². The highest BCUT2D eigenvalue weighted by atomic mass is 16.6. The monoisotopic (exact) mass is 648 g/mol. The lowest BCUT2D eigenvalue weighted by Gasteiger charge is -2.29. The highest BCUT2D eigenvalue weighted by molar-refractivity contribution is 5.94. The number of benzene rings is 2. The fourth-order valence-electron chi connectivity index (χ4n) is 5.35. The van der Waals surface area contributed by atoms with Crippen molar-refractivity contribution in [2.45, 2.75) is 45.6 Å². The highest BCUT2D eigenvalue weighted by Gasteiger charge is 2.25. The van der Waals surface area contributed by atoms with Gasteiger partial charge in [0.1, 0.15) is 17.2 Å². The van der Waals surface area contributed by atoms with Crippen molar-refractivity contribution >= 4 is 40.9 Å². The van der Waals surface area contributed by atoms with Crippen molar-refractivity contribution in [3.8, 4) is 11.3 Å². The van der Waals surface area contributed by atoms with Crippen molar-refractivity contribution in [3.05, 3.63) is 103 Å². The van der Waals surface area contributed by atoms with E-state index in [1.54, 1.807) is 35.6 Å². The van der Waals surface area contributed by atoms with Crippen LogP contribution in [-0.2, 0) is 25.5 Å². The number of hydrogen-bond donors (Lipinski definition) is 2. The average molecular weight is 649 g/mol. The normalized spacial score (nSPS) is 13.6. The molecule has 0 saturated carbocycles. The van der Waals surface area contributed by atoms with Crippen LogP contribution in [0.5, 0.6) is 0 Å². The van der Waals surface area contributed by atoms with Gasteiger partial charge >= 0.3 is 12.1 Å². The molecule has 4 aromatic rings. The molecule has 0 unspecified atom stereocenters. The number of anilines is 3. The summed E-state index contributed by atoms with van der Waals surface area (Å²) in [5.74, 6) is -0.490. The van der Waals surface area contributed by atoms with Crippen molar-refractivity contribution < 1.29 is 23.9 Å². The molecule has 248 valence electrons. The molecule has 2 aromatic heterocycles. The topological polar surface area (TPSA) is 136 Å². The Morgan fingerprint density at radius 2 is 1.75 bits per heavy atom. The molecule has 0 spiro atoms. The number of aromatic nitrogens is 3. The molecule has 2 amide bonds. The average Bonchev–Trinajstić information content (AvgIpc) is 3.08. The summed E-state index contributed by atoms with van der Waals surface area (Å²) in [6.45, 7) is 6.57. The van der Waals surface area contributed by atoms with Gasteiger partial charge in [-0.05, 0) is 62.4 Å². The molecule has 0 fully saturated rings. The maximum Gasteiger partial charge on any atom is 0.410 e. The summed E-state index contributed by atoms with van der Waals surface area (Å²) < 4.78 is 10.5. The van der Waals surface area contributed by atoms with Crippen LogP contribution in [-0.4, -0.2) is 63.6 Å². The van der Waals surface area contributed by atoms with Gasteiger partial charge in [0.25, 0.3) is 0 Å². The van der Waals surface area contributed by atoms with Crippen LogP contribution < -0.4 is 10.6 Å². The van der Waals surface area contributed by atoms with Gasteiger partial charge in [-0.15, -0.1) is 0 Å². The third-order valence-corrected chi connectivity index (χ3v) is 7.61. The van der Waals surface area contributed by atoms with E-state index in [0.717, 1.165) is 22.3 Å². The first-order chi connectivity index (χ1) is 23.1. The standard InChI is InChI=1S/C37H40N6O5/c1-37(2,3)48-36(46)43-17-13-26(14-18-43)27-11-8-12-28(20-27)31-22-30(23-32(41-31)42-33-24-38-15-16-39-33)40-34(44)21-29(35(45)47-4)19-25-9-6-5-7-10-25/h5-13,15-16,20,22-24,29H,14,17-19,21H2,1-4H3,(H2,39,40,41,42,44)/t29-/m0/s1. The summed E-state index contributed by atoms with van der Waals surface area (Å²) in [7, 11) is 1.33. The number of nitrogens with one attached hydrogen (secondary N) is 2. The minimum absolute atomic E-state index is 0.0594. The zero-order chi connectivity index (χ0) is 34.1.